The average molecular weight is 508 g/mol. The smallest absolute Gasteiger partial charge is 0.244 e. The Bertz CT molecular complexity index is 788. The first kappa shape index (κ1) is 23.0. The minimum absolute atomic E-state index is 0. The molecule has 0 saturated carbocycles. The quantitative estimate of drug-likeness (QED) is 0.356. The number of carbonyl (C=O) groups is 1. The molecule has 1 heterocycles. The molecule has 0 aromatic heterocycles. The van der Waals surface area contributed by atoms with Crippen LogP contribution in [0.5, 0.6) is 5.75 Å². The van der Waals surface area contributed by atoms with E-state index in [0.717, 1.165) is 43.8 Å². The summed E-state index contributed by atoms with van der Waals surface area (Å²) < 4.78 is 5.12. The van der Waals surface area contributed by atoms with Crippen LogP contribution in [0.4, 0.5) is 5.69 Å². The van der Waals surface area contributed by atoms with Crippen LogP contribution < -0.4 is 15.8 Å². The van der Waals surface area contributed by atoms with Crippen LogP contribution in [-0.4, -0.2) is 43.5 Å². The van der Waals surface area contributed by atoms with E-state index in [1.807, 2.05) is 35.2 Å². The van der Waals surface area contributed by atoms with Gasteiger partial charge in [0.1, 0.15) is 12.3 Å². The largest absolute Gasteiger partial charge is 0.497 e. The lowest BCUT2D eigenvalue weighted by molar-refractivity contribution is -0.130. The predicted molar refractivity (Wildman–Crippen MR) is 128 cm³/mol. The van der Waals surface area contributed by atoms with Crippen molar-refractivity contribution in [3.8, 4) is 5.75 Å². The zero-order chi connectivity index (χ0) is 19.8. The van der Waals surface area contributed by atoms with Crippen molar-refractivity contribution in [1.82, 2.24) is 4.90 Å². The molecule has 7 heteroatoms. The maximum atomic E-state index is 12.4. The topological polar surface area (TPSA) is 80.0 Å². The van der Waals surface area contributed by atoms with Gasteiger partial charge in [0, 0.05) is 18.8 Å². The number of nitrogens with one attached hydrogen (secondary N) is 1. The first-order valence-corrected chi connectivity index (χ1v) is 9.66. The summed E-state index contributed by atoms with van der Waals surface area (Å²) in [5, 5.41) is 2.99. The first-order chi connectivity index (χ1) is 13.6. The Balaban J connectivity index is 0.00000300. The molecular formula is C22H29IN4O2. The highest BCUT2D eigenvalue weighted by atomic mass is 127. The molecule has 0 unspecified atom stereocenters. The lowest BCUT2D eigenvalue weighted by Crippen LogP contribution is -2.40. The molecule has 0 aliphatic carbocycles. The van der Waals surface area contributed by atoms with Crippen LogP contribution in [0.25, 0.3) is 0 Å². The van der Waals surface area contributed by atoms with E-state index in [-0.39, 0.29) is 42.4 Å². The van der Waals surface area contributed by atoms with E-state index in [1.165, 1.54) is 5.56 Å². The van der Waals surface area contributed by atoms with Gasteiger partial charge in [0.05, 0.1) is 7.11 Å². The van der Waals surface area contributed by atoms with E-state index in [1.54, 1.807) is 7.11 Å². The molecule has 1 aliphatic rings. The van der Waals surface area contributed by atoms with Crippen molar-refractivity contribution in [2.24, 2.45) is 16.6 Å². The Morgan fingerprint density at radius 2 is 1.79 bits per heavy atom. The van der Waals surface area contributed by atoms with Crippen molar-refractivity contribution in [2.45, 2.75) is 19.3 Å². The number of nitrogens with two attached hydrogens (primary N) is 1. The maximum absolute atomic E-state index is 12.4. The van der Waals surface area contributed by atoms with Crippen molar-refractivity contribution < 1.29 is 9.53 Å². The molecule has 0 atom stereocenters. The predicted octanol–water partition coefficient (Wildman–Crippen LogP) is 3.52. The van der Waals surface area contributed by atoms with E-state index in [9.17, 15) is 4.79 Å². The summed E-state index contributed by atoms with van der Waals surface area (Å²) in [5.41, 5.74) is 8.07. The summed E-state index contributed by atoms with van der Waals surface area (Å²) in [6, 6.07) is 17.9. The molecule has 0 bridgehead atoms. The lowest BCUT2D eigenvalue weighted by Gasteiger charge is -2.31. The first-order valence-electron chi connectivity index (χ1n) is 9.66. The van der Waals surface area contributed by atoms with Gasteiger partial charge in [0.25, 0.3) is 0 Å². The Labute approximate surface area is 189 Å². The van der Waals surface area contributed by atoms with Gasteiger partial charge in [0.15, 0.2) is 5.96 Å². The number of rotatable bonds is 6. The summed E-state index contributed by atoms with van der Waals surface area (Å²) in [7, 11) is 1.62. The number of methoxy groups -OCH3 is 1. The molecule has 2 aromatic rings. The molecule has 1 saturated heterocycles. The molecule has 6 nitrogen and oxygen atoms in total. The van der Waals surface area contributed by atoms with E-state index >= 15 is 0 Å². The fraction of sp³-hybridized carbons (Fsp3) is 0.364. The number of hydrogen-bond donors (Lipinski definition) is 2. The number of halogens is 1. The van der Waals surface area contributed by atoms with Crippen LogP contribution in [0.1, 0.15) is 18.4 Å². The van der Waals surface area contributed by atoms with E-state index in [4.69, 9.17) is 10.5 Å². The number of amides is 1. The van der Waals surface area contributed by atoms with Gasteiger partial charge in [-0.2, -0.15) is 0 Å². The fourth-order valence-corrected chi connectivity index (χ4v) is 3.45. The Morgan fingerprint density at radius 1 is 1.14 bits per heavy atom. The summed E-state index contributed by atoms with van der Waals surface area (Å²) in [5.74, 6) is 1.67. The highest BCUT2D eigenvalue weighted by Crippen LogP contribution is 2.21. The zero-order valence-corrected chi connectivity index (χ0v) is 19.0. The van der Waals surface area contributed by atoms with Gasteiger partial charge in [-0.3, -0.25) is 4.79 Å². The average Bonchev–Trinajstić information content (AvgIpc) is 2.74. The van der Waals surface area contributed by atoms with Crippen LogP contribution in [0.2, 0.25) is 0 Å². The number of likely N-dealkylation sites (tertiary alicyclic amines) is 1. The van der Waals surface area contributed by atoms with Gasteiger partial charge in [0.2, 0.25) is 5.91 Å². The number of hydrogen-bond acceptors (Lipinski definition) is 3. The van der Waals surface area contributed by atoms with Crippen LogP contribution in [0.3, 0.4) is 0 Å². The number of anilines is 1. The number of aliphatic imine (C=N–C) groups is 1. The minimum atomic E-state index is 0. The van der Waals surface area contributed by atoms with Crippen LogP contribution >= 0.6 is 24.0 Å². The second kappa shape index (κ2) is 11.6. The third kappa shape index (κ3) is 7.23. The number of piperidine rings is 1. The van der Waals surface area contributed by atoms with Crippen molar-refractivity contribution in [2.75, 3.05) is 32.1 Å². The molecule has 3 N–H and O–H groups in total. The fourth-order valence-electron chi connectivity index (χ4n) is 3.45. The number of carbonyl (C=O) groups excluding carboxylic acids is 1. The standard InChI is InChI=1S/C22H28N4O2.HI/c1-28-20-9-7-19(8-10-20)25-22(23)24-16-21(27)26-13-11-18(12-14-26)15-17-5-3-2-4-6-17;/h2-10,18H,11-16H2,1H3,(H3,23,24,25);1H. The highest BCUT2D eigenvalue weighted by Gasteiger charge is 2.22. The maximum Gasteiger partial charge on any atom is 0.244 e. The Morgan fingerprint density at radius 3 is 2.41 bits per heavy atom. The third-order valence-electron chi connectivity index (χ3n) is 5.08. The van der Waals surface area contributed by atoms with Gasteiger partial charge in [-0.25, -0.2) is 4.99 Å². The number of ether oxygens (including phenoxy) is 1. The van der Waals surface area contributed by atoms with Crippen LogP contribution in [-0.2, 0) is 11.2 Å². The van der Waals surface area contributed by atoms with Gasteiger partial charge in [-0.1, -0.05) is 30.3 Å². The minimum Gasteiger partial charge on any atom is -0.497 e. The lowest BCUT2D eigenvalue weighted by atomic mass is 9.90. The second-order valence-corrected chi connectivity index (χ2v) is 7.07. The van der Waals surface area contributed by atoms with Gasteiger partial charge >= 0.3 is 0 Å². The van der Waals surface area contributed by atoms with Crippen LogP contribution in [0.15, 0.2) is 59.6 Å². The van der Waals surface area contributed by atoms with Crippen molar-refractivity contribution in [3.63, 3.8) is 0 Å². The molecule has 156 valence electrons. The summed E-state index contributed by atoms with van der Waals surface area (Å²) in [6.45, 7) is 1.65. The van der Waals surface area contributed by atoms with Crippen molar-refractivity contribution in [1.29, 1.82) is 0 Å². The molecule has 2 aromatic carbocycles. The van der Waals surface area contributed by atoms with E-state index in [0.29, 0.717) is 5.92 Å². The number of benzene rings is 2. The molecule has 1 aliphatic heterocycles. The van der Waals surface area contributed by atoms with Gasteiger partial charge in [-0.05, 0) is 55.0 Å². The van der Waals surface area contributed by atoms with Crippen molar-refractivity contribution in [3.05, 3.63) is 60.2 Å². The molecular weight excluding hydrogens is 479 g/mol. The zero-order valence-electron chi connectivity index (χ0n) is 16.7. The van der Waals surface area contributed by atoms with Crippen LogP contribution in [0, 0.1) is 5.92 Å². The summed E-state index contributed by atoms with van der Waals surface area (Å²) in [4.78, 5) is 18.5. The monoisotopic (exact) mass is 508 g/mol. The normalized spacial score (nSPS) is 14.8. The van der Waals surface area contributed by atoms with E-state index < -0.39 is 0 Å². The molecule has 3 rings (SSSR count). The molecule has 29 heavy (non-hydrogen) atoms. The van der Waals surface area contributed by atoms with Gasteiger partial charge < -0.3 is 20.7 Å². The molecule has 0 radical (unpaired) electrons. The molecule has 1 fully saturated rings. The number of guanidine groups is 1. The molecule has 0 spiro atoms. The van der Waals surface area contributed by atoms with E-state index in [2.05, 4.69) is 34.6 Å². The molecule has 1 amide bonds. The van der Waals surface area contributed by atoms with Crippen molar-refractivity contribution >= 4 is 41.5 Å². The Kier molecular flexibility index (Phi) is 9.24. The SMILES string of the molecule is COc1ccc(NC(N)=NCC(=O)N2CCC(Cc3ccccc3)CC2)cc1.I. The second-order valence-electron chi connectivity index (χ2n) is 7.07. The van der Waals surface area contributed by atoms with Gasteiger partial charge in [-0.15, -0.1) is 24.0 Å². The summed E-state index contributed by atoms with van der Waals surface area (Å²) in [6.07, 6.45) is 3.15. The third-order valence-corrected chi connectivity index (χ3v) is 5.08. The summed E-state index contributed by atoms with van der Waals surface area (Å²) >= 11 is 0. The number of nitrogens with zero attached hydrogens (tertiary/aromatic N) is 2. The Hall–Kier alpha value is -2.29. The highest BCUT2D eigenvalue weighted by molar-refractivity contribution is 14.0.